The van der Waals surface area contributed by atoms with E-state index in [4.69, 9.17) is 5.11 Å². The van der Waals surface area contributed by atoms with Crippen molar-refractivity contribution in [1.82, 2.24) is 9.78 Å². The van der Waals surface area contributed by atoms with Gasteiger partial charge < -0.3 is 5.11 Å². The molecule has 17 heavy (non-hydrogen) atoms. The summed E-state index contributed by atoms with van der Waals surface area (Å²) < 4.78 is 3.66. The van der Waals surface area contributed by atoms with E-state index in [1.54, 1.807) is 24.4 Å². The van der Waals surface area contributed by atoms with Crippen LogP contribution in [-0.4, -0.2) is 20.9 Å². The van der Waals surface area contributed by atoms with Crippen LogP contribution >= 0.6 is 38.5 Å². The summed E-state index contributed by atoms with van der Waals surface area (Å²) in [5.74, 6) is -0.925. The molecule has 0 radical (unpaired) electrons. The number of aromatic nitrogens is 2. The van der Waals surface area contributed by atoms with Crippen LogP contribution in [0, 0.1) is 3.57 Å². The Kier molecular flexibility index (Phi) is 3.82. The average Bonchev–Trinajstić information content (AvgIpc) is 2.67. The van der Waals surface area contributed by atoms with Gasteiger partial charge in [0.15, 0.2) is 0 Å². The lowest BCUT2D eigenvalue weighted by Gasteiger charge is -2.05. The van der Waals surface area contributed by atoms with Crippen LogP contribution in [0.1, 0.15) is 15.9 Å². The fraction of sp³-hybridized carbons (Fsp3) is 0.0909. The smallest absolute Gasteiger partial charge is 0.335 e. The van der Waals surface area contributed by atoms with Crippen molar-refractivity contribution >= 4 is 44.5 Å². The van der Waals surface area contributed by atoms with Crippen molar-refractivity contribution in [2.24, 2.45) is 0 Å². The van der Waals surface area contributed by atoms with Crippen molar-refractivity contribution in [3.8, 4) is 0 Å². The van der Waals surface area contributed by atoms with Gasteiger partial charge in [-0.1, -0.05) is 22.0 Å². The van der Waals surface area contributed by atoms with Crippen LogP contribution in [0.25, 0.3) is 0 Å². The minimum Gasteiger partial charge on any atom is -0.478 e. The van der Waals surface area contributed by atoms with Gasteiger partial charge in [-0.15, -0.1) is 0 Å². The minimum absolute atomic E-state index is 0.274. The number of aromatic carboxylic acids is 1. The van der Waals surface area contributed by atoms with E-state index in [1.807, 2.05) is 10.9 Å². The zero-order valence-electron chi connectivity index (χ0n) is 8.60. The van der Waals surface area contributed by atoms with E-state index >= 15 is 0 Å². The van der Waals surface area contributed by atoms with Crippen LogP contribution in [0.2, 0.25) is 0 Å². The number of nitrogens with zero attached hydrogens (tertiary/aromatic N) is 2. The van der Waals surface area contributed by atoms with Crippen molar-refractivity contribution in [3.05, 3.63) is 49.8 Å². The Hall–Kier alpha value is -0.890. The molecule has 0 aliphatic carbocycles. The summed E-state index contributed by atoms with van der Waals surface area (Å²) in [6.45, 7) is 0.615. The van der Waals surface area contributed by atoms with Crippen LogP contribution < -0.4 is 0 Å². The monoisotopic (exact) mass is 406 g/mol. The molecule has 1 N–H and O–H groups in total. The molecule has 6 heteroatoms. The molecule has 4 nitrogen and oxygen atoms in total. The summed E-state index contributed by atoms with van der Waals surface area (Å²) in [6, 6.07) is 4.99. The fourth-order valence-electron chi connectivity index (χ4n) is 1.41. The van der Waals surface area contributed by atoms with Gasteiger partial charge in [-0.05, 0) is 40.3 Å². The van der Waals surface area contributed by atoms with E-state index in [0.29, 0.717) is 6.54 Å². The maximum atomic E-state index is 10.8. The Morgan fingerprint density at radius 3 is 2.82 bits per heavy atom. The van der Waals surface area contributed by atoms with Crippen LogP contribution in [0.15, 0.2) is 35.1 Å². The van der Waals surface area contributed by atoms with E-state index in [9.17, 15) is 4.79 Å². The number of hydrogen-bond acceptors (Lipinski definition) is 2. The third kappa shape index (κ3) is 3.06. The number of hydrogen-bond donors (Lipinski definition) is 1. The van der Waals surface area contributed by atoms with Gasteiger partial charge in [0.25, 0.3) is 0 Å². The van der Waals surface area contributed by atoms with Crippen molar-refractivity contribution in [2.45, 2.75) is 6.54 Å². The average molecular weight is 407 g/mol. The zero-order valence-corrected chi connectivity index (χ0v) is 12.3. The van der Waals surface area contributed by atoms with Crippen molar-refractivity contribution in [2.75, 3.05) is 0 Å². The molecule has 0 bridgehead atoms. The molecular weight excluding hydrogens is 399 g/mol. The second kappa shape index (κ2) is 5.18. The third-order valence-electron chi connectivity index (χ3n) is 2.23. The van der Waals surface area contributed by atoms with Gasteiger partial charge in [-0.25, -0.2) is 4.79 Å². The van der Waals surface area contributed by atoms with Crippen molar-refractivity contribution < 1.29 is 9.90 Å². The molecule has 0 saturated carbocycles. The number of halogens is 2. The van der Waals surface area contributed by atoms with Gasteiger partial charge in [-0.3, -0.25) is 4.68 Å². The standard InChI is InChI=1S/C11H8BrIN2O2/c12-10-3-7(11(16)17)1-2-8(10)5-15-6-9(13)4-14-15/h1-4,6H,5H2,(H,16,17). The van der Waals surface area contributed by atoms with Gasteiger partial charge in [0.2, 0.25) is 0 Å². The molecule has 0 atom stereocenters. The maximum Gasteiger partial charge on any atom is 0.335 e. The topological polar surface area (TPSA) is 55.1 Å². The van der Waals surface area contributed by atoms with Gasteiger partial charge in [0.1, 0.15) is 0 Å². The second-order valence-electron chi connectivity index (χ2n) is 3.47. The second-order valence-corrected chi connectivity index (χ2v) is 5.57. The molecular formula is C11H8BrIN2O2. The Morgan fingerprint density at radius 2 is 2.29 bits per heavy atom. The molecule has 1 heterocycles. The third-order valence-corrected chi connectivity index (χ3v) is 3.53. The largest absolute Gasteiger partial charge is 0.478 e. The molecule has 88 valence electrons. The number of carboxylic acid groups (broad SMARTS) is 1. The maximum absolute atomic E-state index is 10.8. The molecule has 0 fully saturated rings. The number of carboxylic acids is 1. The summed E-state index contributed by atoms with van der Waals surface area (Å²) in [6.07, 6.45) is 3.71. The van der Waals surface area contributed by atoms with Gasteiger partial charge in [-0.2, -0.15) is 5.10 Å². The first-order valence-electron chi connectivity index (χ1n) is 4.76. The Morgan fingerprint density at radius 1 is 1.53 bits per heavy atom. The molecule has 0 saturated heterocycles. The first-order valence-corrected chi connectivity index (χ1v) is 6.63. The van der Waals surface area contributed by atoms with Crippen LogP contribution in [0.4, 0.5) is 0 Å². The van der Waals surface area contributed by atoms with E-state index in [0.717, 1.165) is 13.6 Å². The van der Waals surface area contributed by atoms with Gasteiger partial charge in [0.05, 0.1) is 21.9 Å². The predicted molar refractivity (Wildman–Crippen MR) is 75.1 cm³/mol. The SMILES string of the molecule is O=C(O)c1ccc(Cn2cc(I)cn2)c(Br)c1. The highest BCUT2D eigenvalue weighted by Gasteiger charge is 2.07. The Labute approximate surface area is 120 Å². The summed E-state index contributed by atoms with van der Waals surface area (Å²) in [5, 5.41) is 13.0. The van der Waals surface area contributed by atoms with E-state index in [2.05, 4.69) is 43.6 Å². The summed E-state index contributed by atoms with van der Waals surface area (Å²) in [5.41, 5.74) is 1.27. The lowest BCUT2D eigenvalue weighted by atomic mass is 10.1. The minimum atomic E-state index is -0.925. The van der Waals surface area contributed by atoms with Gasteiger partial charge >= 0.3 is 5.97 Å². The molecule has 0 aliphatic rings. The highest BCUT2D eigenvalue weighted by molar-refractivity contribution is 14.1. The van der Waals surface area contributed by atoms with E-state index < -0.39 is 5.97 Å². The number of carbonyl (C=O) groups is 1. The molecule has 2 aromatic rings. The summed E-state index contributed by atoms with van der Waals surface area (Å²) in [7, 11) is 0. The Bertz CT molecular complexity index is 568. The first kappa shape index (κ1) is 12.6. The van der Waals surface area contributed by atoms with Crippen LogP contribution in [-0.2, 0) is 6.54 Å². The Balaban J connectivity index is 2.25. The molecule has 0 spiro atoms. The number of rotatable bonds is 3. The van der Waals surface area contributed by atoms with E-state index in [-0.39, 0.29) is 5.56 Å². The summed E-state index contributed by atoms with van der Waals surface area (Å²) in [4.78, 5) is 10.8. The first-order chi connectivity index (χ1) is 8.06. The van der Waals surface area contributed by atoms with Crippen LogP contribution in [0.5, 0.6) is 0 Å². The predicted octanol–water partition coefficient (Wildman–Crippen LogP) is 3.00. The fourth-order valence-corrected chi connectivity index (χ4v) is 2.36. The highest BCUT2D eigenvalue weighted by Crippen LogP contribution is 2.20. The highest BCUT2D eigenvalue weighted by atomic mass is 127. The van der Waals surface area contributed by atoms with Crippen LogP contribution in [0.3, 0.4) is 0 Å². The zero-order chi connectivity index (χ0) is 12.4. The van der Waals surface area contributed by atoms with Gasteiger partial charge in [0, 0.05) is 10.7 Å². The normalized spacial score (nSPS) is 10.5. The molecule has 1 aromatic carbocycles. The molecule has 2 rings (SSSR count). The lowest BCUT2D eigenvalue weighted by molar-refractivity contribution is 0.0697. The van der Waals surface area contributed by atoms with Crippen molar-refractivity contribution in [1.29, 1.82) is 0 Å². The molecule has 0 aliphatic heterocycles. The quantitative estimate of drug-likeness (QED) is 0.797. The molecule has 0 unspecified atom stereocenters. The molecule has 1 aromatic heterocycles. The lowest BCUT2D eigenvalue weighted by Crippen LogP contribution is -2.02. The number of benzene rings is 1. The van der Waals surface area contributed by atoms with Crippen molar-refractivity contribution in [3.63, 3.8) is 0 Å². The summed E-state index contributed by atoms with van der Waals surface area (Å²) >= 11 is 5.57. The van der Waals surface area contributed by atoms with E-state index in [1.165, 1.54) is 0 Å². The molecule has 0 amide bonds.